The predicted octanol–water partition coefficient (Wildman–Crippen LogP) is 5.37. The molecule has 172 valence electrons. The summed E-state index contributed by atoms with van der Waals surface area (Å²) in [6.07, 6.45) is 4.20. The Morgan fingerprint density at radius 3 is 2.31 bits per heavy atom. The second-order valence-electron chi connectivity index (χ2n) is 8.82. The van der Waals surface area contributed by atoms with Crippen molar-refractivity contribution in [3.05, 3.63) is 64.1 Å². The number of ether oxygens (including phenoxy) is 1. The van der Waals surface area contributed by atoms with Gasteiger partial charge in [0.05, 0.1) is 5.02 Å². The largest absolute Gasteiger partial charge is 0.489 e. The number of rotatable bonds is 7. The summed E-state index contributed by atoms with van der Waals surface area (Å²) in [5.74, 6) is 0.547. The van der Waals surface area contributed by atoms with E-state index < -0.39 is 12.0 Å². The maximum atomic E-state index is 11.9. The molecule has 0 aromatic heterocycles. The van der Waals surface area contributed by atoms with E-state index in [1.807, 2.05) is 36.4 Å². The number of hydrogen-bond acceptors (Lipinski definition) is 4. The van der Waals surface area contributed by atoms with Crippen LogP contribution in [0, 0.1) is 5.92 Å². The molecule has 2 aliphatic rings. The molecule has 2 saturated heterocycles. The van der Waals surface area contributed by atoms with Crippen LogP contribution in [-0.2, 0) is 4.79 Å². The summed E-state index contributed by atoms with van der Waals surface area (Å²) >= 11 is 12.2. The lowest BCUT2D eigenvalue weighted by atomic mass is 9.93. The van der Waals surface area contributed by atoms with Crippen molar-refractivity contribution in [3.8, 4) is 5.75 Å². The second kappa shape index (κ2) is 10.9. The molecule has 2 aliphatic heterocycles. The Hall–Kier alpha value is -1.79. The first-order valence-electron chi connectivity index (χ1n) is 11.4. The normalized spacial score (nSPS) is 20.2. The third kappa shape index (κ3) is 5.96. The van der Waals surface area contributed by atoms with Crippen molar-refractivity contribution in [3.63, 3.8) is 0 Å². The van der Waals surface area contributed by atoms with Crippen LogP contribution in [-0.4, -0.2) is 59.7 Å². The first-order chi connectivity index (χ1) is 15.5. The maximum absolute atomic E-state index is 11.9. The summed E-state index contributed by atoms with van der Waals surface area (Å²) < 4.78 is 6.10. The molecule has 1 atom stereocenters. The fourth-order valence-corrected chi connectivity index (χ4v) is 5.32. The predicted molar refractivity (Wildman–Crippen MR) is 128 cm³/mol. The van der Waals surface area contributed by atoms with Gasteiger partial charge in [-0.1, -0.05) is 53.5 Å². The van der Waals surface area contributed by atoms with Crippen LogP contribution in [0.25, 0.3) is 0 Å². The highest BCUT2D eigenvalue weighted by molar-refractivity contribution is 6.35. The lowest BCUT2D eigenvalue weighted by molar-refractivity contribution is -0.144. The van der Waals surface area contributed by atoms with E-state index in [9.17, 15) is 9.90 Å². The first kappa shape index (κ1) is 23.4. The van der Waals surface area contributed by atoms with Crippen LogP contribution in [0.2, 0.25) is 10.0 Å². The van der Waals surface area contributed by atoms with Crippen molar-refractivity contribution < 1.29 is 14.6 Å². The minimum Gasteiger partial charge on any atom is -0.489 e. The lowest BCUT2D eigenvalue weighted by Gasteiger charge is -2.39. The second-order valence-corrected chi connectivity index (χ2v) is 9.67. The molecule has 0 amide bonds. The highest BCUT2D eigenvalue weighted by Gasteiger charge is 2.32. The van der Waals surface area contributed by atoms with Gasteiger partial charge in [0.15, 0.2) is 0 Å². The van der Waals surface area contributed by atoms with E-state index in [4.69, 9.17) is 27.9 Å². The third-order valence-electron chi connectivity index (χ3n) is 6.60. The summed E-state index contributed by atoms with van der Waals surface area (Å²) in [6, 6.07) is 14.4. The molecule has 1 unspecified atom stereocenters. The van der Waals surface area contributed by atoms with Crippen LogP contribution in [0.4, 0.5) is 0 Å². The lowest BCUT2D eigenvalue weighted by Crippen LogP contribution is -2.45. The number of likely N-dealkylation sites (tertiary alicyclic amines) is 2. The Balaban J connectivity index is 1.22. The molecule has 32 heavy (non-hydrogen) atoms. The van der Waals surface area contributed by atoms with Crippen LogP contribution in [0.15, 0.2) is 48.5 Å². The zero-order valence-corrected chi connectivity index (χ0v) is 19.6. The maximum Gasteiger partial charge on any atom is 0.325 e. The molecule has 0 bridgehead atoms. The summed E-state index contributed by atoms with van der Waals surface area (Å²) in [6.45, 7) is 4.75. The number of carbonyl (C=O) groups is 1. The van der Waals surface area contributed by atoms with Crippen molar-refractivity contribution in [2.45, 2.75) is 37.8 Å². The first-order valence-corrected chi connectivity index (χ1v) is 12.1. The molecule has 0 aliphatic carbocycles. The molecule has 2 aromatic rings. The van der Waals surface area contributed by atoms with Crippen molar-refractivity contribution in [2.24, 2.45) is 5.92 Å². The molecular weight excluding hydrogens is 447 g/mol. The minimum absolute atomic E-state index is 0.175. The number of hydrogen-bond donors (Lipinski definition) is 1. The number of halogens is 2. The van der Waals surface area contributed by atoms with Gasteiger partial charge in [-0.2, -0.15) is 0 Å². The Kier molecular flexibility index (Phi) is 7.95. The van der Waals surface area contributed by atoms with Gasteiger partial charge < -0.3 is 14.7 Å². The van der Waals surface area contributed by atoms with E-state index in [1.165, 1.54) is 0 Å². The SMILES string of the molecule is O=C(O)C(c1ccccc1)N1CCC(CN2CCC(Oc3ccc(Cl)cc3Cl)CC2)CC1. The molecule has 2 fully saturated rings. The number of aliphatic carboxylic acids is 1. The van der Waals surface area contributed by atoms with Gasteiger partial charge in [-0.3, -0.25) is 9.69 Å². The Morgan fingerprint density at radius 2 is 1.69 bits per heavy atom. The van der Waals surface area contributed by atoms with Gasteiger partial charge in [-0.05, 0) is 68.5 Å². The van der Waals surface area contributed by atoms with Gasteiger partial charge in [0.2, 0.25) is 0 Å². The Labute approximate surface area is 199 Å². The molecular formula is C25H30Cl2N2O3. The monoisotopic (exact) mass is 476 g/mol. The molecule has 1 N–H and O–H groups in total. The van der Waals surface area contributed by atoms with Crippen LogP contribution in [0.1, 0.15) is 37.3 Å². The fourth-order valence-electron chi connectivity index (χ4n) is 4.86. The average molecular weight is 477 g/mol. The van der Waals surface area contributed by atoms with Gasteiger partial charge in [0.1, 0.15) is 17.9 Å². The number of nitrogens with zero attached hydrogens (tertiary/aromatic N) is 2. The van der Waals surface area contributed by atoms with E-state index >= 15 is 0 Å². The van der Waals surface area contributed by atoms with Crippen LogP contribution < -0.4 is 4.74 Å². The molecule has 4 rings (SSSR count). The van der Waals surface area contributed by atoms with Gasteiger partial charge in [0.25, 0.3) is 0 Å². The Morgan fingerprint density at radius 1 is 1.00 bits per heavy atom. The van der Waals surface area contributed by atoms with Crippen LogP contribution >= 0.6 is 23.2 Å². The van der Waals surface area contributed by atoms with Gasteiger partial charge in [0, 0.05) is 24.7 Å². The molecule has 0 spiro atoms. The summed E-state index contributed by atoms with van der Waals surface area (Å²) in [5, 5.41) is 11.0. The average Bonchev–Trinajstić information content (AvgIpc) is 2.79. The number of piperidine rings is 2. The number of carboxylic acid groups (broad SMARTS) is 1. The zero-order valence-electron chi connectivity index (χ0n) is 18.1. The van der Waals surface area contributed by atoms with Crippen molar-refractivity contribution in [2.75, 3.05) is 32.7 Å². The van der Waals surface area contributed by atoms with E-state index in [1.54, 1.807) is 12.1 Å². The molecule has 2 aromatic carbocycles. The molecule has 5 nitrogen and oxygen atoms in total. The third-order valence-corrected chi connectivity index (χ3v) is 7.13. The van der Waals surface area contributed by atoms with Crippen LogP contribution in [0.3, 0.4) is 0 Å². The summed E-state index contributed by atoms with van der Waals surface area (Å²) in [5.41, 5.74) is 0.862. The van der Waals surface area contributed by atoms with E-state index in [0.717, 1.165) is 64.0 Å². The van der Waals surface area contributed by atoms with Crippen molar-refractivity contribution in [1.82, 2.24) is 9.80 Å². The topological polar surface area (TPSA) is 53.0 Å². The smallest absolute Gasteiger partial charge is 0.325 e. The van der Waals surface area contributed by atoms with E-state index in [2.05, 4.69) is 9.80 Å². The number of benzene rings is 2. The fraction of sp³-hybridized carbons (Fsp3) is 0.480. The highest BCUT2D eigenvalue weighted by Crippen LogP contribution is 2.31. The highest BCUT2D eigenvalue weighted by atomic mass is 35.5. The van der Waals surface area contributed by atoms with E-state index in [0.29, 0.717) is 21.7 Å². The Bertz CT molecular complexity index is 895. The van der Waals surface area contributed by atoms with Crippen molar-refractivity contribution >= 4 is 29.2 Å². The molecule has 0 saturated carbocycles. The molecule has 7 heteroatoms. The molecule has 0 radical (unpaired) electrons. The molecule has 2 heterocycles. The quantitative estimate of drug-likeness (QED) is 0.581. The van der Waals surface area contributed by atoms with Crippen LogP contribution in [0.5, 0.6) is 5.75 Å². The summed E-state index contributed by atoms with van der Waals surface area (Å²) in [7, 11) is 0. The number of carboxylic acids is 1. The summed E-state index contributed by atoms with van der Waals surface area (Å²) in [4.78, 5) is 16.6. The minimum atomic E-state index is -0.766. The van der Waals surface area contributed by atoms with Crippen molar-refractivity contribution in [1.29, 1.82) is 0 Å². The standard InChI is InChI=1S/C25H30Cl2N2O3/c26-20-6-7-23(22(27)16-20)32-21-10-12-28(13-11-21)17-18-8-14-29(15-9-18)24(25(30)31)19-4-2-1-3-5-19/h1-7,16,18,21,24H,8-15,17H2,(H,30,31). The van der Waals surface area contributed by atoms with Gasteiger partial charge in [-0.15, -0.1) is 0 Å². The van der Waals surface area contributed by atoms with Gasteiger partial charge >= 0.3 is 5.97 Å². The zero-order chi connectivity index (χ0) is 22.5. The van der Waals surface area contributed by atoms with E-state index in [-0.39, 0.29) is 6.10 Å². The van der Waals surface area contributed by atoms with Gasteiger partial charge in [-0.25, -0.2) is 0 Å².